The van der Waals surface area contributed by atoms with Crippen molar-refractivity contribution < 1.29 is 19.4 Å². The summed E-state index contributed by atoms with van der Waals surface area (Å²) >= 11 is 6.40. The van der Waals surface area contributed by atoms with Gasteiger partial charge in [-0.1, -0.05) is 11.6 Å². The molecule has 0 aliphatic carbocycles. The Labute approximate surface area is 159 Å². The number of halogens is 1. The standard InChI is InChI=1S/C18H17ClN4O4/c1-26-16-7-20-15(6-21-16)12-4-14-10(3-13(12)19)2-11(23-14)5-22-17(24)18(25)8-27-9-18/h2-4,6-7,23,25H,5,8-9H2,1H3,(H,22,24). The molecule has 3 N–H and O–H groups in total. The number of rotatable bonds is 5. The van der Waals surface area contributed by atoms with Gasteiger partial charge in [-0.25, -0.2) is 9.97 Å². The number of methoxy groups -OCH3 is 1. The van der Waals surface area contributed by atoms with Crippen LogP contribution < -0.4 is 10.1 Å². The van der Waals surface area contributed by atoms with Gasteiger partial charge in [-0.3, -0.25) is 4.79 Å². The fraction of sp³-hybridized carbons (Fsp3) is 0.278. The fourth-order valence-electron chi connectivity index (χ4n) is 2.83. The van der Waals surface area contributed by atoms with Crippen LogP contribution in [-0.2, 0) is 16.1 Å². The molecule has 3 aromatic rings. The van der Waals surface area contributed by atoms with Crippen molar-refractivity contribution in [3.05, 3.63) is 41.3 Å². The van der Waals surface area contributed by atoms with Gasteiger partial charge in [0.05, 0.1) is 50.0 Å². The lowest BCUT2D eigenvalue weighted by atomic mass is 10.0. The summed E-state index contributed by atoms with van der Waals surface area (Å²) in [5.74, 6) is -0.0213. The van der Waals surface area contributed by atoms with E-state index < -0.39 is 11.5 Å². The first-order chi connectivity index (χ1) is 13.0. The maximum absolute atomic E-state index is 12.0. The highest BCUT2D eigenvalue weighted by Gasteiger charge is 2.43. The third kappa shape index (κ3) is 3.34. The summed E-state index contributed by atoms with van der Waals surface area (Å²) in [5, 5.41) is 14.1. The normalized spacial score (nSPS) is 15.4. The van der Waals surface area contributed by atoms with Gasteiger partial charge < -0.3 is 24.9 Å². The van der Waals surface area contributed by atoms with E-state index in [0.29, 0.717) is 16.6 Å². The molecule has 0 radical (unpaired) electrons. The minimum atomic E-state index is -1.42. The van der Waals surface area contributed by atoms with Crippen LogP contribution in [0.25, 0.3) is 22.2 Å². The van der Waals surface area contributed by atoms with Crippen LogP contribution in [0.5, 0.6) is 5.88 Å². The number of hydrogen-bond donors (Lipinski definition) is 3. The molecule has 140 valence electrons. The Hall–Kier alpha value is -2.68. The van der Waals surface area contributed by atoms with Crippen molar-refractivity contribution in [3.63, 3.8) is 0 Å². The zero-order valence-electron chi connectivity index (χ0n) is 14.5. The number of amides is 1. The van der Waals surface area contributed by atoms with E-state index in [2.05, 4.69) is 20.3 Å². The molecule has 3 heterocycles. The predicted octanol–water partition coefficient (Wildman–Crippen LogP) is 1.66. The second-order valence-corrected chi connectivity index (χ2v) is 6.77. The Morgan fingerprint density at radius 2 is 2.19 bits per heavy atom. The molecule has 0 bridgehead atoms. The van der Waals surface area contributed by atoms with E-state index in [-0.39, 0.29) is 19.8 Å². The van der Waals surface area contributed by atoms with Gasteiger partial charge in [0.15, 0.2) is 5.60 Å². The number of H-pyrrole nitrogens is 1. The van der Waals surface area contributed by atoms with Gasteiger partial charge in [0.1, 0.15) is 0 Å². The van der Waals surface area contributed by atoms with Crippen LogP contribution in [-0.4, -0.2) is 51.9 Å². The number of nitrogens with zero attached hydrogens (tertiary/aromatic N) is 2. The highest BCUT2D eigenvalue weighted by Crippen LogP contribution is 2.31. The van der Waals surface area contributed by atoms with Gasteiger partial charge in [-0.2, -0.15) is 0 Å². The lowest BCUT2D eigenvalue weighted by Gasteiger charge is -2.34. The summed E-state index contributed by atoms with van der Waals surface area (Å²) in [6.07, 6.45) is 3.12. The third-order valence-corrected chi connectivity index (χ3v) is 4.73. The number of carbonyl (C=O) groups is 1. The van der Waals surface area contributed by atoms with E-state index in [9.17, 15) is 9.90 Å². The maximum atomic E-state index is 12.0. The molecule has 1 saturated heterocycles. The largest absolute Gasteiger partial charge is 0.480 e. The number of aliphatic hydroxyl groups is 1. The van der Waals surface area contributed by atoms with Gasteiger partial charge >= 0.3 is 0 Å². The molecule has 1 aliphatic rings. The van der Waals surface area contributed by atoms with Gasteiger partial charge in [-0.15, -0.1) is 0 Å². The Morgan fingerprint density at radius 3 is 2.81 bits per heavy atom. The number of hydrogen-bond acceptors (Lipinski definition) is 6. The van der Waals surface area contributed by atoms with E-state index in [0.717, 1.165) is 22.2 Å². The second kappa shape index (κ2) is 6.80. The maximum Gasteiger partial charge on any atom is 0.257 e. The summed E-state index contributed by atoms with van der Waals surface area (Å²) in [6, 6.07) is 5.60. The Morgan fingerprint density at radius 1 is 1.37 bits per heavy atom. The van der Waals surface area contributed by atoms with Crippen LogP contribution in [0.3, 0.4) is 0 Å². The number of nitrogens with one attached hydrogen (secondary N) is 2. The predicted molar refractivity (Wildman–Crippen MR) is 98.5 cm³/mol. The molecule has 1 amide bonds. The van der Waals surface area contributed by atoms with Crippen LogP contribution >= 0.6 is 11.6 Å². The van der Waals surface area contributed by atoms with Crippen molar-refractivity contribution in [2.75, 3.05) is 20.3 Å². The molecular weight excluding hydrogens is 372 g/mol. The first-order valence-corrected chi connectivity index (χ1v) is 8.62. The number of fused-ring (bicyclic) bond motifs is 1. The average molecular weight is 389 g/mol. The molecule has 1 aromatic carbocycles. The number of ether oxygens (including phenoxy) is 2. The number of carbonyl (C=O) groups excluding carboxylic acids is 1. The first-order valence-electron chi connectivity index (χ1n) is 8.24. The van der Waals surface area contributed by atoms with Crippen LogP contribution in [0, 0.1) is 0 Å². The van der Waals surface area contributed by atoms with E-state index in [1.165, 1.54) is 13.3 Å². The highest BCUT2D eigenvalue weighted by atomic mass is 35.5. The molecule has 27 heavy (non-hydrogen) atoms. The summed E-state index contributed by atoms with van der Waals surface area (Å²) in [7, 11) is 1.53. The van der Waals surface area contributed by atoms with E-state index in [4.69, 9.17) is 21.1 Å². The topological polar surface area (TPSA) is 109 Å². The van der Waals surface area contributed by atoms with E-state index >= 15 is 0 Å². The molecular formula is C18H17ClN4O4. The van der Waals surface area contributed by atoms with Gasteiger partial charge in [0.2, 0.25) is 5.88 Å². The number of aromatic amines is 1. The van der Waals surface area contributed by atoms with Crippen molar-refractivity contribution in [3.8, 4) is 17.1 Å². The molecule has 8 nitrogen and oxygen atoms in total. The Balaban J connectivity index is 1.56. The summed E-state index contributed by atoms with van der Waals surface area (Å²) in [5.41, 5.74) is 1.57. The quantitative estimate of drug-likeness (QED) is 0.613. The van der Waals surface area contributed by atoms with Crippen molar-refractivity contribution >= 4 is 28.4 Å². The van der Waals surface area contributed by atoms with Crippen molar-refractivity contribution in [2.24, 2.45) is 0 Å². The number of aromatic nitrogens is 3. The second-order valence-electron chi connectivity index (χ2n) is 6.36. The van der Waals surface area contributed by atoms with Gasteiger partial charge in [-0.05, 0) is 18.2 Å². The lowest BCUT2D eigenvalue weighted by molar-refractivity contribution is -0.190. The van der Waals surface area contributed by atoms with E-state index in [1.54, 1.807) is 6.20 Å². The monoisotopic (exact) mass is 388 g/mol. The molecule has 9 heteroatoms. The van der Waals surface area contributed by atoms with Gasteiger partial charge in [0, 0.05) is 22.2 Å². The summed E-state index contributed by atoms with van der Waals surface area (Å²) < 4.78 is 9.91. The molecule has 0 spiro atoms. The molecule has 0 saturated carbocycles. The zero-order valence-corrected chi connectivity index (χ0v) is 15.2. The smallest absolute Gasteiger partial charge is 0.257 e. The SMILES string of the molecule is COc1cnc(-c2cc3[nH]c(CNC(=O)C4(O)COC4)cc3cc2Cl)cn1. The van der Waals surface area contributed by atoms with Crippen molar-refractivity contribution in [1.82, 2.24) is 20.3 Å². The lowest BCUT2D eigenvalue weighted by Crippen LogP contribution is -2.60. The highest BCUT2D eigenvalue weighted by molar-refractivity contribution is 6.34. The van der Waals surface area contributed by atoms with Crippen LogP contribution in [0.2, 0.25) is 5.02 Å². The van der Waals surface area contributed by atoms with Crippen LogP contribution in [0.1, 0.15) is 5.69 Å². The molecule has 1 aliphatic heterocycles. The molecule has 2 aromatic heterocycles. The summed E-state index contributed by atoms with van der Waals surface area (Å²) in [4.78, 5) is 23.7. The molecule has 0 unspecified atom stereocenters. The summed E-state index contributed by atoms with van der Waals surface area (Å²) in [6.45, 7) is 0.298. The average Bonchev–Trinajstić information content (AvgIpc) is 3.05. The van der Waals surface area contributed by atoms with Gasteiger partial charge in [0.25, 0.3) is 5.91 Å². The number of benzene rings is 1. The minimum absolute atomic E-state index is 0.0212. The first kappa shape index (κ1) is 17.7. The Bertz CT molecular complexity index is 999. The van der Waals surface area contributed by atoms with Crippen molar-refractivity contribution in [2.45, 2.75) is 12.1 Å². The fourth-order valence-corrected chi connectivity index (χ4v) is 3.10. The van der Waals surface area contributed by atoms with Crippen molar-refractivity contribution in [1.29, 1.82) is 0 Å². The molecule has 4 rings (SSSR count). The van der Waals surface area contributed by atoms with Crippen LogP contribution in [0.15, 0.2) is 30.6 Å². The Kier molecular flexibility index (Phi) is 4.47. The molecule has 1 fully saturated rings. The van der Waals surface area contributed by atoms with E-state index in [1.807, 2.05) is 18.2 Å². The third-order valence-electron chi connectivity index (χ3n) is 4.42. The zero-order chi connectivity index (χ0) is 19.0. The molecule has 0 atom stereocenters. The minimum Gasteiger partial charge on any atom is -0.480 e. The van der Waals surface area contributed by atoms with Crippen LogP contribution in [0.4, 0.5) is 0 Å².